The molecule has 2 aromatic rings. The fourth-order valence-electron chi connectivity index (χ4n) is 2.65. The molecule has 2 aromatic carbocycles. The summed E-state index contributed by atoms with van der Waals surface area (Å²) in [5.41, 5.74) is 1.95. The van der Waals surface area contributed by atoms with Crippen LogP contribution in [0, 0.1) is 0 Å². The molecule has 4 heteroatoms. The van der Waals surface area contributed by atoms with Gasteiger partial charge in [0.2, 0.25) is 10.0 Å². The molecule has 0 fully saturated rings. The molecule has 1 atom stereocenters. The number of sulfonamides is 1. The molecule has 94 valence electrons. The second kappa shape index (κ2) is 3.72. The summed E-state index contributed by atoms with van der Waals surface area (Å²) >= 11 is 0. The van der Waals surface area contributed by atoms with E-state index in [0.717, 1.165) is 22.0 Å². The fourth-order valence-corrected chi connectivity index (χ4v) is 4.05. The predicted molar refractivity (Wildman–Crippen MR) is 74.4 cm³/mol. The van der Waals surface area contributed by atoms with E-state index in [9.17, 15) is 8.42 Å². The molecule has 0 saturated heterocycles. The van der Waals surface area contributed by atoms with Crippen LogP contribution in [0.1, 0.15) is 12.5 Å². The van der Waals surface area contributed by atoms with E-state index >= 15 is 0 Å². The first kappa shape index (κ1) is 11.5. The normalized spacial score (nSPS) is 21.9. The van der Waals surface area contributed by atoms with Gasteiger partial charge in [-0.2, -0.15) is 0 Å². The van der Waals surface area contributed by atoms with Gasteiger partial charge in [-0.25, -0.2) is 8.42 Å². The van der Waals surface area contributed by atoms with E-state index in [1.807, 2.05) is 30.3 Å². The van der Waals surface area contributed by atoms with Gasteiger partial charge < -0.3 is 0 Å². The Bertz CT molecular complexity index is 722. The number of nitrogens with zero attached hydrogens (tertiary/aromatic N) is 1. The third-order valence-corrected chi connectivity index (χ3v) is 5.83. The average molecular weight is 261 g/mol. The Balaban J connectivity index is 2.38. The lowest BCUT2D eigenvalue weighted by Crippen LogP contribution is -2.40. The Kier molecular flexibility index (Phi) is 2.38. The maximum Gasteiger partial charge on any atom is 0.237 e. The largest absolute Gasteiger partial charge is 0.272 e. The van der Waals surface area contributed by atoms with Crippen LogP contribution in [-0.2, 0) is 16.4 Å². The third kappa shape index (κ3) is 1.45. The summed E-state index contributed by atoms with van der Waals surface area (Å²) in [5, 5.41) is 1.73. The maximum atomic E-state index is 12.2. The van der Waals surface area contributed by atoms with Gasteiger partial charge in [0, 0.05) is 12.4 Å². The van der Waals surface area contributed by atoms with Crippen LogP contribution in [0.4, 0.5) is 5.69 Å². The van der Waals surface area contributed by atoms with Gasteiger partial charge in [-0.1, -0.05) is 36.4 Å². The van der Waals surface area contributed by atoms with Gasteiger partial charge in [0.05, 0.1) is 10.9 Å². The van der Waals surface area contributed by atoms with E-state index < -0.39 is 10.0 Å². The second-order valence-electron chi connectivity index (χ2n) is 4.82. The van der Waals surface area contributed by atoms with Crippen LogP contribution in [-0.4, -0.2) is 20.7 Å². The second-order valence-corrected chi connectivity index (χ2v) is 7.20. The van der Waals surface area contributed by atoms with E-state index in [1.54, 1.807) is 14.0 Å². The quantitative estimate of drug-likeness (QED) is 0.731. The number of fused-ring (bicyclic) bond motifs is 3. The van der Waals surface area contributed by atoms with E-state index in [1.165, 1.54) is 4.31 Å². The minimum Gasteiger partial charge on any atom is -0.272 e. The van der Waals surface area contributed by atoms with Crippen LogP contribution in [0.2, 0.25) is 0 Å². The lowest BCUT2D eigenvalue weighted by atomic mass is 10.0. The summed E-state index contributed by atoms with van der Waals surface area (Å²) in [7, 11) is -1.56. The fraction of sp³-hybridized carbons (Fsp3) is 0.286. The summed E-state index contributed by atoms with van der Waals surface area (Å²) in [6, 6.07) is 12.0. The van der Waals surface area contributed by atoms with Crippen molar-refractivity contribution >= 4 is 26.5 Å². The molecule has 1 heterocycles. The van der Waals surface area contributed by atoms with Gasteiger partial charge in [-0.3, -0.25) is 4.31 Å². The third-order valence-electron chi connectivity index (χ3n) is 3.70. The van der Waals surface area contributed by atoms with Crippen LogP contribution in [0.3, 0.4) is 0 Å². The first-order valence-electron chi connectivity index (χ1n) is 6.00. The Morgan fingerprint density at radius 1 is 1.17 bits per heavy atom. The molecule has 0 saturated carbocycles. The van der Waals surface area contributed by atoms with Gasteiger partial charge in [-0.15, -0.1) is 0 Å². The number of benzene rings is 2. The molecule has 0 aliphatic carbocycles. The number of hydrogen-bond acceptors (Lipinski definition) is 2. The van der Waals surface area contributed by atoms with E-state index in [4.69, 9.17) is 0 Å². The molecule has 0 N–H and O–H groups in total. The molecule has 0 bridgehead atoms. The Hall–Kier alpha value is -1.55. The van der Waals surface area contributed by atoms with Crippen molar-refractivity contribution in [3.63, 3.8) is 0 Å². The molecular formula is C14H15NO2S. The summed E-state index contributed by atoms with van der Waals surface area (Å²) in [4.78, 5) is 0. The van der Waals surface area contributed by atoms with Crippen molar-refractivity contribution < 1.29 is 8.42 Å². The van der Waals surface area contributed by atoms with Crippen molar-refractivity contribution in [2.75, 3.05) is 11.4 Å². The van der Waals surface area contributed by atoms with Gasteiger partial charge in [0.25, 0.3) is 0 Å². The molecule has 0 aromatic heterocycles. The first-order valence-corrected chi connectivity index (χ1v) is 7.50. The summed E-state index contributed by atoms with van der Waals surface area (Å²) in [6.45, 7) is 1.77. The molecule has 3 nitrogen and oxygen atoms in total. The maximum absolute atomic E-state index is 12.2. The van der Waals surface area contributed by atoms with Crippen molar-refractivity contribution in [1.82, 2.24) is 0 Å². The Morgan fingerprint density at radius 3 is 2.67 bits per heavy atom. The lowest BCUT2D eigenvalue weighted by molar-refractivity contribution is 0.577. The summed E-state index contributed by atoms with van der Waals surface area (Å²) in [6.07, 6.45) is 0.590. The minimum absolute atomic E-state index is 0.351. The van der Waals surface area contributed by atoms with Crippen molar-refractivity contribution in [3.05, 3.63) is 42.0 Å². The topological polar surface area (TPSA) is 37.4 Å². The van der Waals surface area contributed by atoms with Gasteiger partial charge in [-0.05, 0) is 24.3 Å². The zero-order chi connectivity index (χ0) is 12.9. The zero-order valence-corrected chi connectivity index (χ0v) is 11.2. The predicted octanol–water partition coefficient (Wildman–Crippen LogP) is 2.55. The molecular weight excluding hydrogens is 246 g/mol. The smallest absolute Gasteiger partial charge is 0.237 e. The van der Waals surface area contributed by atoms with Crippen LogP contribution in [0.5, 0.6) is 0 Å². The highest BCUT2D eigenvalue weighted by Crippen LogP contribution is 2.37. The minimum atomic E-state index is -3.21. The monoisotopic (exact) mass is 261 g/mol. The number of hydrogen-bond donors (Lipinski definition) is 0. The number of rotatable bonds is 0. The highest BCUT2D eigenvalue weighted by Gasteiger charge is 2.34. The molecule has 3 rings (SSSR count). The van der Waals surface area contributed by atoms with Crippen molar-refractivity contribution in [2.45, 2.75) is 18.6 Å². The van der Waals surface area contributed by atoms with Crippen LogP contribution >= 0.6 is 0 Å². The van der Waals surface area contributed by atoms with E-state index in [-0.39, 0.29) is 5.25 Å². The number of anilines is 1. The lowest BCUT2D eigenvalue weighted by Gasteiger charge is -2.32. The highest BCUT2D eigenvalue weighted by molar-refractivity contribution is 7.93. The molecule has 0 amide bonds. The molecule has 1 unspecified atom stereocenters. The van der Waals surface area contributed by atoms with E-state index in [2.05, 4.69) is 6.07 Å². The van der Waals surface area contributed by atoms with E-state index in [0.29, 0.717) is 6.42 Å². The van der Waals surface area contributed by atoms with Crippen molar-refractivity contribution in [2.24, 2.45) is 0 Å². The van der Waals surface area contributed by atoms with Crippen LogP contribution in [0.15, 0.2) is 36.4 Å². The van der Waals surface area contributed by atoms with Crippen LogP contribution < -0.4 is 4.31 Å². The molecule has 18 heavy (non-hydrogen) atoms. The standard InChI is InChI=1S/C14H15NO2S/c1-10-9-12-8-7-11-5-3-4-6-13(11)14(12)15(2)18(10,16)17/h3-8,10H,9H2,1-2H3. The molecule has 0 radical (unpaired) electrons. The van der Waals surface area contributed by atoms with Crippen molar-refractivity contribution in [3.8, 4) is 0 Å². The summed E-state index contributed by atoms with van der Waals surface area (Å²) in [5.74, 6) is 0. The van der Waals surface area contributed by atoms with Gasteiger partial charge >= 0.3 is 0 Å². The Morgan fingerprint density at radius 2 is 1.89 bits per heavy atom. The molecule has 1 aliphatic rings. The highest BCUT2D eigenvalue weighted by atomic mass is 32.2. The average Bonchev–Trinajstić information content (AvgIpc) is 2.36. The Labute approximate surface area is 107 Å². The summed E-state index contributed by atoms with van der Waals surface area (Å²) < 4.78 is 25.9. The van der Waals surface area contributed by atoms with Crippen molar-refractivity contribution in [1.29, 1.82) is 0 Å². The SMILES string of the molecule is CC1Cc2ccc3ccccc3c2N(C)S1(=O)=O. The zero-order valence-electron chi connectivity index (χ0n) is 10.4. The molecule has 1 aliphatic heterocycles. The van der Waals surface area contributed by atoms with Crippen LogP contribution in [0.25, 0.3) is 10.8 Å². The first-order chi connectivity index (χ1) is 8.51. The molecule has 0 spiro atoms. The van der Waals surface area contributed by atoms with Gasteiger partial charge in [0.15, 0.2) is 0 Å². The van der Waals surface area contributed by atoms with Gasteiger partial charge in [0.1, 0.15) is 0 Å².